The third-order valence-corrected chi connectivity index (χ3v) is 8.49. The van der Waals surface area contributed by atoms with Crippen molar-refractivity contribution in [1.82, 2.24) is 4.57 Å². The number of hydrogen-bond donors (Lipinski definition) is 0. The fraction of sp³-hybridized carbons (Fsp3) is 0.0857. The SMILES string of the molecule is [B]c1ccc2c(c1)C(C)(C)c1cc(-n3c4ccc5ccccc5c4c4c5ccccc5ccc43)ccc1-2. The highest BCUT2D eigenvalue weighted by Gasteiger charge is 2.35. The second-order valence-electron chi connectivity index (χ2n) is 10.9. The summed E-state index contributed by atoms with van der Waals surface area (Å²) in [7, 11) is 6.21. The normalized spacial score (nSPS) is 14.0. The van der Waals surface area contributed by atoms with Crippen LogP contribution in [0.2, 0.25) is 0 Å². The molecule has 1 nitrogen and oxygen atoms in total. The number of aromatic nitrogens is 1. The Labute approximate surface area is 217 Å². The van der Waals surface area contributed by atoms with Gasteiger partial charge in [-0.15, -0.1) is 0 Å². The number of benzene rings is 6. The molecule has 0 saturated carbocycles. The molecule has 37 heavy (non-hydrogen) atoms. The summed E-state index contributed by atoms with van der Waals surface area (Å²) in [6.45, 7) is 4.63. The Hall–Kier alpha value is -4.30. The van der Waals surface area contributed by atoms with E-state index in [9.17, 15) is 0 Å². The van der Waals surface area contributed by atoms with Crippen LogP contribution in [-0.4, -0.2) is 12.4 Å². The lowest BCUT2D eigenvalue weighted by Crippen LogP contribution is -2.17. The highest BCUT2D eigenvalue weighted by molar-refractivity contribution is 6.32. The molecule has 0 N–H and O–H groups in total. The van der Waals surface area contributed by atoms with E-state index in [2.05, 4.69) is 122 Å². The Balaban J connectivity index is 1.50. The van der Waals surface area contributed by atoms with Crippen molar-refractivity contribution in [3.63, 3.8) is 0 Å². The number of hydrogen-bond acceptors (Lipinski definition) is 0. The van der Waals surface area contributed by atoms with Crippen LogP contribution in [0.1, 0.15) is 25.0 Å². The van der Waals surface area contributed by atoms with Gasteiger partial charge < -0.3 is 4.57 Å². The van der Waals surface area contributed by atoms with E-state index < -0.39 is 0 Å². The van der Waals surface area contributed by atoms with Crippen molar-refractivity contribution in [1.29, 1.82) is 0 Å². The van der Waals surface area contributed by atoms with Crippen LogP contribution in [0.25, 0.3) is 60.2 Å². The molecule has 0 amide bonds. The average molecular weight is 469 g/mol. The summed E-state index contributed by atoms with van der Waals surface area (Å²) in [6, 6.07) is 39.9. The minimum atomic E-state index is -0.117. The van der Waals surface area contributed by atoms with Gasteiger partial charge in [0, 0.05) is 21.9 Å². The van der Waals surface area contributed by atoms with Gasteiger partial charge >= 0.3 is 0 Å². The van der Waals surface area contributed by atoms with Crippen molar-refractivity contribution in [2.45, 2.75) is 19.3 Å². The predicted molar refractivity (Wildman–Crippen MR) is 159 cm³/mol. The Morgan fingerprint density at radius 3 is 1.73 bits per heavy atom. The summed E-state index contributed by atoms with van der Waals surface area (Å²) < 4.78 is 2.46. The van der Waals surface area contributed by atoms with Crippen molar-refractivity contribution in [2.24, 2.45) is 0 Å². The van der Waals surface area contributed by atoms with Crippen LogP contribution in [0.15, 0.2) is 109 Å². The van der Waals surface area contributed by atoms with Crippen molar-refractivity contribution in [3.8, 4) is 16.8 Å². The highest BCUT2D eigenvalue weighted by Crippen LogP contribution is 2.49. The van der Waals surface area contributed by atoms with Crippen molar-refractivity contribution < 1.29 is 0 Å². The fourth-order valence-corrected chi connectivity index (χ4v) is 6.71. The number of nitrogens with zero attached hydrogens (tertiary/aromatic N) is 1. The first-order valence-corrected chi connectivity index (χ1v) is 12.9. The Bertz CT molecular complexity index is 1980. The number of fused-ring (bicyclic) bond motifs is 10. The van der Waals surface area contributed by atoms with E-state index in [0.29, 0.717) is 0 Å². The van der Waals surface area contributed by atoms with Gasteiger partial charge in [0.1, 0.15) is 7.85 Å². The van der Waals surface area contributed by atoms with Crippen LogP contribution in [0, 0.1) is 0 Å². The maximum atomic E-state index is 6.21. The fourth-order valence-electron chi connectivity index (χ4n) is 6.71. The zero-order chi connectivity index (χ0) is 24.9. The van der Waals surface area contributed by atoms with E-state index in [-0.39, 0.29) is 5.41 Å². The molecule has 8 rings (SSSR count). The maximum Gasteiger partial charge on any atom is 0.113 e. The highest BCUT2D eigenvalue weighted by atomic mass is 15.0. The summed E-state index contributed by atoms with van der Waals surface area (Å²) in [4.78, 5) is 0. The molecular formula is C35H24BN. The molecule has 2 radical (unpaired) electrons. The second-order valence-corrected chi connectivity index (χ2v) is 10.9. The van der Waals surface area contributed by atoms with Gasteiger partial charge in [-0.05, 0) is 68.1 Å². The van der Waals surface area contributed by atoms with Gasteiger partial charge in [0.05, 0.1) is 11.0 Å². The third kappa shape index (κ3) is 2.70. The maximum absolute atomic E-state index is 6.21. The molecule has 1 aromatic heterocycles. The monoisotopic (exact) mass is 469 g/mol. The minimum absolute atomic E-state index is 0.117. The summed E-state index contributed by atoms with van der Waals surface area (Å²) in [5.74, 6) is 0. The summed E-state index contributed by atoms with van der Waals surface area (Å²) >= 11 is 0. The predicted octanol–water partition coefficient (Wildman–Crippen LogP) is 8.19. The average Bonchev–Trinajstić information content (AvgIpc) is 3.38. The Kier molecular flexibility index (Phi) is 4.02. The van der Waals surface area contributed by atoms with E-state index >= 15 is 0 Å². The van der Waals surface area contributed by atoms with Crippen LogP contribution < -0.4 is 5.46 Å². The molecule has 2 heteroatoms. The first kappa shape index (κ1) is 20.9. The van der Waals surface area contributed by atoms with Gasteiger partial charge in [-0.2, -0.15) is 0 Å². The first-order chi connectivity index (χ1) is 18.0. The van der Waals surface area contributed by atoms with E-state index in [4.69, 9.17) is 7.85 Å². The standard InChI is InChI=1S/C35H24BN/c1-35(2)29-19-23(36)13-15-27(29)28-16-14-24(20-30(28)35)37-31-17-11-21-7-3-5-9-25(21)33(31)34-26-10-6-4-8-22(26)12-18-32(34)37/h3-20H,1-2H3. The van der Waals surface area contributed by atoms with E-state index in [1.807, 2.05) is 6.07 Å². The largest absolute Gasteiger partial charge is 0.309 e. The molecule has 0 saturated heterocycles. The molecular weight excluding hydrogens is 445 g/mol. The molecule has 0 unspecified atom stereocenters. The molecule has 1 aliphatic carbocycles. The van der Waals surface area contributed by atoms with E-state index in [1.165, 1.54) is 71.3 Å². The molecule has 7 aromatic rings. The first-order valence-electron chi connectivity index (χ1n) is 12.9. The molecule has 1 aliphatic rings. The van der Waals surface area contributed by atoms with Crippen molar-refractivity contribution in [3.05, 3.63) is 120 Å². The van der Waals surface area contributed by atoms with Gasteiger partial charge in [-0.3, -0.25) is 0 Å². The van der Waals surface area contributed by atoms with Crippen molar-refractivity contribution >= 4 is 56.7 Å². The van der Waals surface area contributed by atoms with Crippen LogP contribution >= 0.6 is 0 Å². The van der Waals surface area contributed by atoms with E-state index in [0.717, 1.165) is 5.46 Å². The molecule has 6 aromatic carbocycles. The summed E-state index contributed by atoms with van der Waals surface area (Å²) in [5, 5.41) is 7.77. The second kappa shape index (κ2) is 7.14. The van der Waals surface area contributed by atoms with Gasteiger partial charge in [0.25, 0.3) is 0 Å². The minimum Gasteiger partial charge on any atom is -0.309 e. The summed E-state index contributed by atoms with van der Waals surface area (Å²) in [5.41, 5.74) is 9.62. The molecule has 0 fully saturated rings. The quantitative estimate of drug-likeness (QED) is 0.214. The van der Waals surface area contributed by atoms with Crippen molar-refractivity contribution in [2.75, 3.05) is 0 Å². The molecule has 0 atom stereocenters. The van der Waals surface area contributed by atoms with Gasteiger partial charge in [0.15, 0.2) is 0 Å². The summed E-state index contributed by atoms with van der Waals surface area (Å²) in [6.07, 6.45) is 0. The molecule has 172 valence electrons. The van der Waals surface area contributed by atoms with Crippen LogP contribution in [0.3, 0.4) is 0 Å². The van der Waals surface area contributed by atoms with Crippen LogP contribution in [0.5, 0.6) is 0 Å². The molecule has 0 spiro atoms. The molecule has 1 heterocycles. The zero-order valence-corrected chi connectivity index (χ0v) is 20.9. The third-order valence-electron chi connectivity index (χ3n) is 8.49. The van der Waals surface area contributed by atoms with Crippen LogP contribution in [-0.2, 0) is 5.41 Å². The molecule has 0 aliphatic heterocycles. The Morgan fingerprint density at radius 2 is 1.11 bits per heavy atom. The lowest BCUT2D eigenvalue weighted by atomic mass is 9.80. The van der Waals surface area contributed by atoms with Gasteiger partial charge in [0.2, 0.25) is 0 Å². The number of rotatable bonds is 1. The van der Waals surface area contributed by atoms with E-state index in [1.54, 1.807) is 0 Å². The zero-order valence-electron chi connectivity index (χ0n) is 20.9. The lowest BCUT2D eigenvalue weighted by Gasteiger charge is -2.22. The lowest BCUT2D eigenvalue weighted by molar-refractivity contribution is 0.660. The van der Waals surface area contributed by atoms with Gasteiger partial charge in [-0.25, -0.2) is 0 Å². The Morgan fingerprint density at radius 1 is 0.568 bits per heavy atom. The smallest absolute Gasteiger partial charge is 0.113 e. The van der Waals surface area contributed by atoms with Crippen LogP contribution in [0.4, 0.5) is 0 Å². The molecule has 0 bridgehead atoms. The van der Waals surface area contributed by atoms with Gasteiger partial charge in [-0.1, -0.05) is 104 Å². The topological polar surface area (TPSA) is 4.93 Å².